The average Bonchev–Trinajstić information content (AvgIpc) is 2.36. The molecule has 0 bridgehead atoms. The van der Waals surface area contributed by atoms with Gasteiger partial charge in [-0.2, -0.15) is 13.2 Å². The van der Waals surface area contributed by atoms with Gasteiger partial charge in [-0.15, -0.1) is 0 Å². The number of nitrogens with zero attached hydrogens (tertiary/aromatic N) is 1. The molecule has 1 aromatic carbocycles. The van der Waals surface area contributed by atoms with Gasteiger partial charge in [0.1, 0.15) is 0 Å². The van der Waals surface area contributed by atoms with Crippen molar-refractivity contribution < 1.29 is 27.9 Å². The van der Waals surface area contributed by atoms with Gasteiger partial charge in [0.05, 0.1) is 11.1 Å². The number of hydrogen-bond donors (Lipinski definition) is 1. The van der Waals surface area contributed by atoms with Gasteiger partial charge >= 0.3 is 12.1 Å². The Kier molecular flexibility index (Phi) is 5.77. The minimum absolute atomic E-state index is 0.0680. The summed E-state index contributed by atoms with van der Waals surface area (Å²) in [7, 11) is 1.34. The number of carboxylic acid groups (broad SMARTS) is 1. The number of amides is 1. The zero-order chi connectivity index (χ0) is 16.2. The normalized spacial score (nSPS) is 11.3. The van der Waals surface area contributed by atoms with Crippen LogP contribution in [0.3, 0.4) is 0 Å². The number of carbonyl (C=O) groups excluding carboxylic acids is 1. The number of carbonyl (C=O) groups is 2. The number of halogens is 4. The highest BCUT2D eigenvalue weighted by Gasteiger charge is 2.36. The van der Waals surface area contributed by atoms with Crippen molar-refractivity contribution in [1.82, 2.24) is 4.90 Å². The van der Waals surface area contributed by atoms with E-state index in [4.69, 9.17) is 5.11 Å². The zero-order valence-corrected chi connectivity index (χ0v) is 12.7. The Hall–Kier alpha value is -1.57. The molecule has 8 heteroatoms. The average molecular weight is 368 g/mol. The molecule has 0 unspecified atom stereocenters. The van der Waals surface area contributed by atoms with Gasteiger partial charge in [-0.3, -0.25) is 9.59 Å². The number of hydrogen-bond acceptors (Lipinski definition) is 2. The first kappa shape index (κ1) is 17.5. The maximum Gasteiger partial charge on any atom is 0.417 e. The first-order valence-corrected chi connectivity index (χ1v) is 6.76. The van der Waals surface area contributed by atoms with Crippen molar-refractivity contribution in [1.29, 1.82) is 0 Å². The predicted octanol–water partition coefficient (Wildman–Crippen LogP) is 3.40. The van der Waals surface area contributed by atoms with Gasteiger partial charge in [0, 0.05) is 24.5 Å². The van der Waals surface area contributed by atoms with E-state index in [1.165, 1.54) is 13.1 Å². The molecule has 0 aromatic heterocycles. The number of alkyl halides is 3. The van der Waals surface area contributed by atoms with Crippen LogP contribution in [0.25, 0.3) is 0 Å². The third-order valence-corrected chi connectivity index (χ3v) is 3.24. The Morgan fingerprint density at radius 3 is 2.48 bits per heavy atom. The van der Waals surface area contributed by atoms with E-state index in [0.717, 1.165) is 17.0 Å². The molecule has 0 saturated carbocycles. The van der Waals surface area contributed by atoms with Crippen LogP contribution in [-0.4, -0.2) is 35.5 Å². The lowest BCUT2D eigenvalue weighted by Gasteiger charge is -2.20. The monoisotopic (exact) mass is 367 g/mol. The second-order valence-electron chi connectivity index (χ2n) is 4.41. The van der Waals surface area contributed by atoms with Crippen LogP contribution in [0.5, 0.6) is 0 Å². The summed E-state index contributed by atoms with van der Waals surface area (Å²) in [6, 6.07) is 3.30. The molecule has 21 heavy (non-hydrogen) atoms. The maximum atomic E-state index is 12.9. The highest BCUT2D eigenvalue weighted by atomic mass is 79.9. The third kappa shape index (κ3) is 5.04. The summed E-state index contributed by atoms with van der Waals surface area (Å²) in [5.41, 5.74) is -1.48. The molecule has 4 nitrogen and oxygen atoms in total. The van der Waals surface area contributed by atoms with Crippen molar-refractivity contribution in [3.8, 4) is 0 Å². The molecule has 0 spiro atoms. The Morgan fingerprint density at radius 2 is 1.95 bits per heavy atom. The van der Waals surface area contributed by atoms with Gasteiger partial charge in [0.25, 0.3) is 5.91 Å². The van der Waals surface area contributed by atoms with E-state index in [1.54, 1.807) is 0 Å². The highest BCUT2D eigenvalue weighted by Crippen LogP contribution is 2.34. The fraction of sp³-hybridized carbons (Fsp3) is 0.385. The molecule has 1 amide bonds. The van der Waals surface area contributed by atoms with Gasteiger partial charge in [-0.05, 0) is 24.6 Å². The SMILES string of the molecule is CN(CCCC(=O)O)C(=O)c1ccc(Br)cc1C(F)(F)F. The molecule has 1 rings (SSSR count). The lowest BCUT2D eigenvalue weighted by molar-refractivity contribution is -0.138. The van der Waals surface area contributed by atoms with Crippen LogP contribution in [0.2, 0.25) is 0 Å². The van der Waals surface area contributed by atoms with E-state index in [9.17, 15) is 22.8 Å². The molecule has 116 valence electrons. The molecule has 0 saturated heterocycles. The van der Waals surface area contributed by atoms with Gasteiger partial charge in [0.15, 0.2) is 0 Å². The largest absolute Gasteiger partial charge is 0.481 e. The predicted molar refractivity (Wildman–Crippen MR) is 73.0 cm³/mol. The van der Waals surface area contributed by atoms with Crippen LogP contribution in [0.1, 0.15) is 28.8 Å². The molecular weight excluding hydrogens is 355 g/mol. The molecular formula is C13H13BrF3NO3. The minimum atomic E-state index is -4.64. The fourth-order valence-electron chi connectivity index (χ4n) is 1.71. The van der Waals surface area contributed by atoms with Crippen LogP contribution < -0.4 is 0 Å². The number of aliphatic carboxylic acids is 1. The zero-order valence-electron chi connectivity index (χ0n) is 11.1. The standard InChI is InChI=1S/C13H13BrF3NO3/c1-18(6-2-3-11(19)20)12(21)9-5-4-8(14)7-10(9)13(15,16)17/h4-5,7H,2-3,6H2,1H3,(H,19,20). The van der Waals surface area contributed by atoms with Crippen molar-refractivity contribution >= 4 is 27.8 Å². The van der Waals surface area contributed by atoms with Crippen molar-refractivity contribution in [2.75, 3.05) is 13.6 Å². The summed E-state index contributed by atoms with van der Waals surface area (Å²) in [6.07, 6.45) is -4.61. The van der Waals surface area contributed by atoms with Crippen molar-refractivity contribution in [3.63, 3.8) is 0 Å². The van der Waals surface area contributed by atoms with Gasteiger partial charge in [0.2, 0.25) is 0 Å². The topological polar surface area (TPSA) is 57.6 Å². The van der Waals surface area contributed by atoms with Crippen LogP contribution in [0.4, 0.5) is 13.2 Å². The van der Waals surface area contributed by atoms with Crippen LogP contribution >= 0.6 is 15.9 Å². The maximum absolute atomic E-state index is 12.9. The Labute approximate surface area is 127 Å². The number of benzene rings is 1. The van der Waals surface area contributed by atoms with Crippen molar-refractivity contribution in [2.24, 2.45) is 0 Å². The molecule has 0 fully saturated rings. The van der Waals surface area contributed by atoms with E-state index in [-0.39, 0.29) is 23.9 Å². The quantitative estimate of drug-likeness (QED) is 0.867. The summed E-state index contributed by atoms with van der Waals surface area (Å²) in [5, 5.41) is 8.51. The van der Waals surface area contributed by atoms with Crippen LogP contribution in [-0.2, 0) is 11.0 Å². The van der Waals surface area contributed by atoms with E-state index in [1.807, 2.05) is 0 Å². The lowest BCUT2D eigenvalue weighted by Crippen LogP contribution is -2.30. The van der Waals surface area contributed by atoms with Gasteiger partial charge < -0.3 is 10.0 Å². The third-order valence-electron chi connectivity index (χ3n) is 2.75. The molecule has 0 aliphatic carbocycles. The van der Waals surface area contributed by atoms with E-state index in [0.29, 0.717) is 0 Å². The first-order valence-electron chi connectivity index (χ1n) is 5.97. The first-order chi connectivity index (χ1) is 9.62. The smallest absolute Gasteiger partial charge is 0.417 e. The van der Waals surface area contributed by atoms with Crippen LogP contribution in [0, 0.1) is 0 Å². The Balaban J connectivity index is 2.94. The fourth-order valence-corrected chi connectivity index (χ4v) is 2.07. The van der Waals surface area contributed by atoms with E-state index in [2.05, 4.69) is 15.9 Å². The summed E-state index contributed by atoms with van der Waals surface area (Å²) in [5.74, 6) is -1.81. The molecule has 0 aliphatic rings. The second kappa shape index (κ2) is 6.93. The second-order valence-corrected chi connectivity index (χ2v) is 5.33. The molecule has 0 aliphatic heterocycles. The summed E-state index contributed by atoms with van der Waals surface area (Å²) in [6.45, 7) is 0.0680. The number of carboxylic acids is 1. The summed E-state index contributed by atoms with van der Waals surface area (Å²) >= 11 is 2.94. The van der Waals surface area contributed by atoms with Crippen molar-refractivity contribution in [2.45, 2.75) is 19.0 Å². The Bertz CT molecular complexity index is 546. The van der Waals surface area contributed by atoms with E-state index < -0.39 is 29.2 Å². The molecule has 0 heterocycles. The molecule has 1 N–H and O–H groups in total. The molecule has 1 aromatic rings. The Morgan fingerprint density at radius 1 is 1.33 bits per heavy atom. The van der Waals surface area contributed by atoms with Gasteiger partial charge in [-0.25, -0.2) is 0 Å². The molecule has 0 atom stereocenters. The van der Waals surface area contributed by atoms with Crippen LogP contribution in [0.15, 0.2) is 22.7 Å². The molecule has 0 radical (unpaired) electrons. The minimum Gasteiger partial charge on any atom is -0.481 e. The van der Waals surface area contributed by atoms with E-state index >= 15 is 0 Å². The number of rotatable bonds is 5. The van der Waals surface area contributed by atoms with Gasteiger partial charge in [-0.1, -0.05) is 15.9 Å². The van der Waals surface area contributed by atoms with Crippen molar-refractivity contribution in [3.05, 3.63) is 33.8 Å². The lowest BCUT2D eigenvalue weighted by atomic mass is 10.1. The summed E-state index contributed by atoms with van der Waals surface area (Å²) in [4.78, 5) is 23.5. The highest BCUT2D eigenvalue weighted by molar-refractivity contribution is 9.10. The summed E-state index contributed by atoms with van der Waals surface area (Å²) < 4.78 is 39.0.